The third-order valence-corrected chi connectivity index (χ3v) is 5.04. The average molecular weight is 405 g/mol. The maximum absolute atomic E-state index is 12.2. The normalized spacial score (nSPS) is 11.0. The lowest BCUT2D eigenvalue weighted by Gasteiger charge is -2.23. The molecule has 0 saturated carbocycles. The van der Waals surface area contributed by atoms with Crippen LogP contribution in [-0.2, 0) is 19.6 Å². The standard InChI is InChI=1S/C20H23NO6S/c1-4-26-17-11-9-16(10-12-17)19(22)14-27-20(23)13-21(28(3,24)25)18-8-6-5-7-15(18)2/h5-12H,4,13-14H2,1-3H3. The predicted molar refractivity (Wildman–Crippen MR) is 106 cm³/mol. The van der Waals surface area contributed by atoms with Gasteiger partial charge in [0.05, 0.1) is 18.6 Å². The van der Waals surface area contributed by atoms with Crippen molar-refractivity contribution in [1.82, 2.24) is 0 Å². The second-order valence-corrected chi connectivity index (χ2v) is 8.00. The van der Waals surface area contributed by atoms with E-state index in [0.717, 1.165) is 10.6 Å². The molecule has 0 saturated heterocycles. The predicted octanol–water partition coefficient (Wildman–Crippen LogP) is 2.59. The zero-order chi connectivity index (χ0) is 20.7. The largest absolute Gasteiger partial charge is 0.494 e. The zero-order valence-electron chi connectivity index (χ0n) is 16.0. The molecular weight excluding hydrogens is 382 g/mol. The number of Topliss-reactive ketones (excluding diaryl/α,β-unsaturated/α-hetero) is 1. The number of hydrogen-bond acceptors (Lipinski definition) is 6. The van der Waals surface area contributed by atoms with Crippen molar-refractivity contribution >= 4 is 27.5 Å². The quantitative estimate of drug-likeness (QED) is 0.471. The highest BCUT2D eigenvalue weighted by atomic mass is 32.2. The van der Waals surface area contributed by atoms with Crippen LogP contribution in [0.4, 0.5) is 5.69 Å². The Hall–Kier alpha value is -2.87. The summed E-state index contributed by atoms with van der Waals surface area (Å²) in [5, 5.41) is 0. The number of aryl methyl sites for hydroxylation is 1. The number of carbonyl (C=O) groups excluding carboxylic acids is 2. The van der Waals surface area contributed by atoms with E-state index in [2.05, 4.69) is 0 Å². The molecule has 0 aliphatic carbocycles. The number of anilines is 1. The molecule has 0 heterocycles. The smallest absolute Gasteiger partial charge is 0.327 e. The first-order valence-corrected chi connectivity index (χ1v) is 10.5. The van der Waals surface area contributed by atoms with Crippen molar-refractivity contribution in [3.8, 4) is 5.75 Å². The number of carbonyl (C=O) groups is 2. The van der Waals surface area contributed by atoms with Crippen molar-refractivity contribution in [2.24, 2.45) is 0 Å². The van der Waals surface area contributed by atoms with E-state index in [4.69, 9.17) is 9.47 Å². The molecule has 0 radical (unpaired) electrons. The second kappa shape index (κ2) is 9.36. The highest BCUT2D eigenvalue weighted by Crippen LogP contribution is 2.22. The minimum atomic E-state index is -3.70. The van der Waals surface area contributed by atoms with Crippen LogP contribution in [0.5, 0.6) is 5.75 Å². The molecule has 8 heteroatoms. The molecule has 2 rings (SSSR count). The molecule has 0 aliphatic heterocycles. The number of hydrogen-bond donors (Lipinski definition) is 0. The molecule has 2 aromatic carbocycles. The Kier molecular flexibility index (Phi) is 7.17. The van der Waals surface area contributed by atoms with Crippen LogP contribution < -0.4 is 9.04 Å². The van der Waals surface area contributed by atoms with E-state index in [1.54, 1.807) is 55.5 Å². The molecule has 2 aromatic rings. The van der Waals surface area contributed by atoms with Crippen molar-refractivity contribution in [3.05, 3.63) is 59.7 Å². The first-order valence-electron chi connectivity index (χ1n) is 8.67. The molecule has 0 unspecified atom stereocenters. The highest BCUT2D eigenvalue weighted by Gasteiger charge is 2.23. The van der Waals surface area contributed by atoms with Gasteiger partial charge in [-0.05, 0) is 49.7 Å². The fraction of sp³-hybridized carbons (Fsp3) is 0.300. The van der Waals surface area contributed by atoms with Crippen LogP contribution in [0.1, 0.15) is 22.8 Å². The van der Waals surface area contributed by atoms with Crippen molar-refractivity contribution < 1.29 is 27.5 Å². The third-order valence-electron chi connectivity index (χ3n) is 3.91. The summed E-state index contributed by atoms with van der Waals surface area (Å²) in [6, 6.07) is 13.3. The molecule has 0 bridgehead atoms. The summed E-state index contributed by atoms with van der Waals surface area (Å²) in [4.78, 5) is 24.3. The topological polar surface area (TPSA) is 90.0 Å². The Morgan fingerprint density at radius 1 is 1.04 bits per heavy atom. The average Bonchev–Trinajstić information content (AvgIpc) is 2.65. The number of nitrogens with zero attached hydrogens (tertiary/aromatic N) is 1. The number of rotatable bonds is 9. The molecule has 7 nitrogen and oxygen atoms in total. The van der Waals surface area contributed by atoms with Gasteiger partial charge in [0.1, 0.15) is 12.3 Å². The number of sulfonamides is 1. The summed E-state index contributed by atoms with van der Waals surface area (Å²) in [6.45, 7) is 3.13. The van der Waals surface area contributed by atoms with E-state index in [-0.39, 0.29) is 0 Å². The minimum Gasteiger partial charge on any atom is -0.494 e. The fourth-order valence-electron chi connectivity index (χ4n) is 2.52. The van der Waals surface area contributed by atoms with Crippen LogP contribution in [0.3, 0.4) is 0 Å². The maximum Gasteiger partial charge on any atom is 0.327 e. The first-order chi connectivity index (χ1) is 13.2. The minimum absolute atomic E-state index is 0.370. The van der Waals surface area contributed by atoms with Crippen LogP contribution in [0.25, 0.3) is 0 Å². The van der Waals surface area contributed by atoms with Crippen LogP contribution in [-0.4, -0.2) is 46.2 Å². The van der Waals surface area contributed by atoms with Gasteiger partial charge in [-0.15, -0.1) is 0 Å². The molecule has 0 atom stereocenters. The van der Waals surface area contributed by atoms with Crippen molar-refractivity contribution in [3.63, 3.8) is 0 Å². The molecule has 0 fully saturated rings. The van der Waals surface area contributed by atoms with Gasteiger partial charge in [0, 0.05) is 5.56 Å². The van der Waals surface area contributed by atoms with E-state index >= 15 is 0 Å². The van der Waals surface area contributed by atoms with Gasteiger partial charge in [-0.2, -0.15) is 0 Å². The Bertz CT molecular complexity index is 937. The van der Waals surface area contributed by atoms with Gasteiger partial charge >= 0.3 is 5.97 Å². The molecule has 150 valence electrons. The maximum atomic E-state index is 12.2. The van der Waals surface area contributed by atoms with Gasteiger partial charge in [-0.25, -0.2) is 8.42 Å². The lowest BCUT2D eigenvalue weighted by atomic mass is 10.1. The summed E-state index contributed by atoms with van der Waals surface area (Å²) < 4.78 is 35.5. The summed E-state index contributed by atoms with van der Waals surface area (Å²) in [6.07, 6.45) is 1.01. The summed E-state index contributed by atoms with van der Waals surface area (Å²) in [5.74, 6) is -0.566. The Morgan fingerprint density at radius 2 is 1.68 bits per heavy atom. The SMILES string of the molecule is CCOc1ccc(C(=O)COC(=O)CN(c2ccccc2C)S(C)(=O)=O)cc1. The van der Waals surface area contributed by atoms with E-state index in [0.29, 0.717) is 29.2 Å². The van der Waals surface area contributed by atoms with Gasteiger partial charge in [0.2, 0.25) is 10.0 Å². The third kappa shape index (κ3) is 5.82. The molecule has 0 amide bonds. The number of ether oxygens (including phenoxy) is 2. The van der Waals surface area contributed by atoms with Crippen LogP contribution in [0, 0.1) is 6.92 Å². The van der Waals surface area contributed by atoms with Crippen LogP contribution in [0.2, 0.25) is 0 Å². The Morgan fingerprint density at radius 3 is 2.25 bits per heavy atom. The van der Waals surface area contributed by atoms with E-state index in [1.165, 1.54) is 0 Å². The lowest BCUT2D eigenvalue weighted by molar-refractivity contribution is -0.140. The number of benzene rings is 2. The van der Waals surface area contributed by atoms with E-state index in [1.807, 2.05) is 6.92 Å². The Labute approximate surface area is 164 Å². The van der Waals surface area contributed by atoms with E-state index in [9.17, 15) is 18.0 Å². The van der Waals surface area contributed by atoms with Gasteiger partial charge in [-0.1, -0.05) is 18.2 Å². The summed E-state index contributed by atoms with van der Waals surface area (Å²) in [7, 11) is -3.70. The van der Waals surface area contributed by atoms with Crippen LogP contribution in [0.15, 0.2) is 48.5 Å². The first kappa shape index (κ1) is 21.4. The molecule has 0 aromatic heterocycles. The lowest BCUT2D eigenvalue weighted by Crippen LogP contribution is -2.36. The van der Waals surface area contributed by atoms with Gasteiger partial charge in [0.25, 0.3) is 0 Å². The molecule has 0 N–H and O–H groups in total. The fourth-order valence-corrected chi connectivity index (χ4v) is 3.42. The van der Waals surface area contributed by atoms with Crippen LogP contribution >= 0.6 is 0 Å². The van der Waals surface area contributed by atoms with Gasteiger partial charge in [0.15, 0.2) is 12.4 Å². The number of esters is 1. The molecular formula is C20H23NO6S. The second-order valence-electron chi connectivity index (χ2n) is 6.10. The number of para-hydroxylation sites is 1. The van der Waals surface area contributed by atoms with Gasteiger partial charge in [-0.3, -0.25) is 13.9 Å². The highest BCUT2D eigenvalue weighted by molar-refractivity contribution is 7.92. The van der Waals surface area contributed by atoms with E-state index < -0.39 is 34.9 Å². The summed E-state index contributed by atoms with van der Waals surface area (Å²) >= 11 is 0. The zero-order valence-corrected chi connectivity index (χ0v) is 16.9. The molecule has 0 aliphatic rings. The molecule has 0 spiro atoms. The number of ketones is 1. The van der Waals surface area contributed by atoms with Gasteiger partial charge < -0.3 is 9.47 Å². The molecule has 28 heavy (non-hydrogen) atoms. The monoisotopic (exact) mass is 405 g/mol. The van der Waals surface area contributed by atoms with Crippen molar-refractivity contribution in [2.45, 2.75) is 13.8 Å². The Balaban J connectivity index is 2.01. The van der Waals surface area contributed by atoms with Crippen molar-refractivity contribution in [2.75, 3.05) is 30.3 Å². The van der Waals surface area contributed by atoms with Crippen molar-refractivity contribution in [1.29, 1.82) is 0 Å². The summed E-state index contributed by atoms with van der Waals surface area (Å²) in [5.41, 5.74) is 1.46.